The predicted molar refractivity (Wildman–Crippen MR) is 89.7 cm³/mol. The standard InChI is InChI=1S/C18H15ClN2O2/c1-12-10-17(23-11-13-6-2-4-8-15(13)19)21-18(20-12)14-7-3-5-9-16(14)22/h2-10,22H,11H2,1H3. The Bertz CT molecular complexity index is 837. The fraction of sp³-hybridized carbons (Fsp3) is 0.111. The van der Waals surface area contributed by atoms with Crippen LogP contribution < -0.4 is 4.74 Å². The normalized spacial score (nSPS) is 10.5. The number of benzene rings is 2. The maximum atomic E-state index is 9.95. The van der Waals surface area contributed by atoms with E-state index in [2.05, 4.69) is 9.97 Å². The second-order valence-corrected chi connectivity index (χ2v) is 5.48. The molecule has 3 aromatic rings. The number of phenols is 1. The van der Waals surface area contributed by atoms with Crippen molar-refractivity contribution in [2.45, 2.75) is 13.5 Å². The highest BCUT2D eigenvalue weighted by Gasteiger charge is 2.10. The number of hydrogen-bond acceptors (Lipinski definition) is 4. The molecule has 0 spiro atoms. The number of nitrogens with zero attached hydrogens (tertiary/aromatic N) is 2. The van der Waals surface area contributed by atoms with Crippen LogP contribution in [0.15, 0.2) is 54.6 Å². The van der Waals surface area contributed by atoms with Crippen molar-refractivity contribution in [2.24, 2.45) is 0 Å². The van der Waals surface area contributed by atoms with Crippen LogP contribution in [0.2, 0.25) is 5.02 Å². The van der Waals surface area contributed by atoms with Gasteiger partial charge in [0.25, 0.3) is 0 Å². The molecule has 0 unspecified atom stereocenters. The van der Waals surface area contributed by atoms with Crippen molar-refractivity contribution >= 4 is 11.6 Å². The number of para-hydroxylation sites is 1. The number of hydrogen-bond donors (Lipinski definition) is 1. The minimum Gasteiger partial charge on any atom is -0.507 e. The summed E-state index contributed by atoms with van der Waals surface area (Å²) in [6, 6.07) is 16.2. The van der Waals surface area contributed by atoms with Crippen molar-refractivity contribution in [3.63, 3.8) is 0 Å². The average Bonchev–Trinajstić information content (AvgIpc) is 2.54. The van der Waals surface area contributed by atoms with Gasteiger partial charge in [0.2, 0.25) is 5.88 Å². The highest BCUT2D eigenvalue weighted by atomic mass is 35.5. The Labute approximate surface area is 139 Å². The SMILES string of the molecule is Cc1cc(OCc2ccccc2Cl)nc(-c2ccccc2O)n1. The van der Waals surface area contributed by atoms with E-state index >= 15 is 0 Å². The first-order chi connectivity index (χ1) is 11.1. The molecule has 1 N–H and O–H groups in total. The van der Waals surface area contributed by atoms with Crippen molar-refractivity contribution < 1.29 is 9.84 Å². The quantitative estimate of drug-likeness (QED) is 0.772. The molecule has 1 aromatic heterocycles. The minimum atomic E-state index is 0.134. The number of aryl methyl sites for hydroxylation is 1. The monoisotopic (exact) mass is 326 g/mol. The molecule has 0 amide bonds. The maximum Gasteiger partial charge on any atom is 0.217 e. The van der Waals surface area contributed by atoms with Gasteiger partial charge in [0.05, 0.1) is 5.56 Å². The topological polar surface area (TPSA) is 55.2 Å². The van der Waals surface area contributed by atoms with Gasteiger partial charge in [0, 0.05) is 22.3 Å². The summed E-state index contributed by atoms with van der Waals surface area (Å²) in [5, 5.41) is 10.6. The highest BCUT2D eigenvalue weighted by Crippen LogP contribution is 2.27. The Hall–Kier alpha value is -2.59. The van der Waals surface area contributed by atoms with Crippen molar-refractivity contribution in [3.8, 4) is 23.0 Å². The van der Waals surface area contributed by atoms with E-state index in [1.807, 2.05) is 37.3 Å². The van der Waals surface area contributed by atoms with Crippen LogP contribution in [-0.4, -0.2) is 15.1 Å². The molecule has 5 heteroatoms. The van der Waals surface area contributed by atoms with Gasteiger partial charge in [-0.2, -0.15) is 4.98 Å². The number of halogens is 1. The third-order valence-corrected chi connectivity index (χ3v) is 3.68. The fourth-order valence-electron chi connectivity index (χ4n) is 2.16. The molecule has 0 aliphatic heterocycles. The van der Waals surface area contributed by atoms with E-state index in [1.165, 1.54) is 0 Å². The van der Waals surface area contributed by atoms with Crippen molar-refractivity contribution in [1.82, 2.24) is 9.97 Å². The summed E-state index contributed by atoms with van der Waals surface area (Å²) >= 11 is 6.12. The Kier molecular flexibility index (Phi) is 4.44. The van der Waals surface area contributed by atoms with Crippen LogP contribution in [0.4, 0.5) is 0 Å². The number of phenolic OH excluding ortho intramolecular Hbond substituents is 1. The van der Waals surface area contributed by atoms with Gasteiger partial charge in [0.1, 0.15) is 12.4 Å². The Balaban J connectivity index is 1.87. The van der Waals surface area contributed by atoms with E-state index in [9.17, 15) is 5.11 Å². The van der Waals surface area contributed by atoms with E-state index in [-0.39, 0.29) is 5.75 Å². The largest absolute Gasteiger partial charge is 0.507 e. The molecule has 0 aliphatic carbocycles. The molecule has 3 rings (SSSR count). The zero-order valence-electron chi connectivity index (χ0n) is 12.5. The summed E-state index contributed by atoms with van der Waals surface area (Å²) < 4.78 is 5.74. The van der Waals surface area contributed by atoms with E-state index < -0.39 is 0 Å². The molecule has 0 atom stereocenters. The maximum absolute atomic E-state index is 9.95. The first-order valence-electron chi connectivity index (χ1n) is 7.14. The van der Waals surface area contributed by atoms with Crippen LogP contribution in [0.5, 0.6) is 11.6 Å². The lowest BCUT2D eigenvalue weighted by molar-refractivity contribution is 0.293. The first-order valence-corrected chi connectivity index (χ1v) is 7.51. The summed E-state index contributed by atoms with van der Waals surface area (Å²) in [5.41, 5.74) is 2.21. The van der Waals surface area contributed by atoms with Crippen molar-refractivity contribution in [3.05, 3.63) is 70.9 Å². The zero-order chi connectivity index (χ0) is 16.2. The molecule has 0 saturated carbocycles. The van der Waals surface area contributed by atoms with Crippen LogP contribution >= 0.6 is 11.6 Å². The van der Waals surface area contributed by atoms with Gasteiger partial charge in [-0.3, -0.25) is 0 Å². The molecule has 4 nitrogen and oxygen atoms in total. The Morgan fingerprint density at radius 3 is 2.57 bits per heavy atom. The zero-order valence-corrected chi connectivity index (χ0v) is 13.3. The Morgan fingerprint density at radius 1 is 1.04 bits per heavy atom. The molecule has 116 valence electrons. The summed E-state index contributed by atoms with van der Waals surface area (Å²) in [4.78, 5) is 8.73. The van der Waals surface area contributed by atoms with E-state index in [0.717, 1.165) is 11.3 Å². The van der Waals surface area contributed by atoms with Crippen LogP contribution in [-0.2, 0) is 6.61 Å². The minimum absolute atomic E-state index is 0.134. The Morgan fingerprint density at radius 2 is 1.78 bits per heavy atom. The van der Waals surface area contributed by atoms with E-state index in [0.29, 0.717) is 28.9 Å². The number of aromatic nitrogens is 2. The summed E-state index contributed by atoms with van der Waals surface area (Å²) in [7, 11) is 0. The lowest BCUT2D eigenvalue weighted by atomic mass is 10.2. The molecule has 0 bridgehead atoms. The lowest BCUT2D eigenvalue weighted by Crippen LogP contribution is -2.01. The molecular weight excluding hydrogens is 312 g/mol. The third-order valence-electron chi connectivity index (χ3n) is 3.31. The molecule has 23 heavy (non-hydrogen) atoms. The summed E-state index contributed by atoms with van der Waals surface area (Å²) in [6.45, 7) is 2.17. The molecular formula is C18H15ClN2O2. The van der Waals surface area contributed by atoms with Gasteiger partial charge >= 0.3 is 0 Å². The summed E-state index contributed by atoms with van der Waals surface area (Å²) in [5.74, 6) is 1.00. The first kappa shape index (κ1) is 15.3. The summed E-state index contributed by atoms with van der Waals surface area (Å²) in [6.07, 6.45) is 0. The van der Waals surface area contributed by atoms with Crippen LogP contribution in [0.1, 0.15) is 11.3 Å². The van der Waals surface area contributed by atoms with Crippen LogP contribution in [0.3, 0.4) is 0 Å². The average molecular weight is 327 g/mol. The fourth-order valence-corrected chi connectivity index (χ4v) is 2.35. The number of rotatable bonds is 4. The molecule has 0 saturated heterocycles. The molecule has 0 radical (unpaired) electrons. The number of ether oxygens (including phenoxy) is 1. The van der Waals surface area contributed by atoms with Gasteiger partial charge in [-0.25, -0.2) is 4.98 Å². The smallest absolute Gasteiger partial charge is 0.217 e. The third kappa shape index (κ3) is 3.60. The molecule has 1 heterocycles. The van der Waals surface area contributed by atoms with E-state index in [4.69, 9.17) is 16.3 Å². The molecule has 2 aromatic carbocycles. The highest BCUT2D eigenvalue weighted by molar-refractivity contribution is 6.31. The van der Waals surface area contributed by atoms with Gasteiger partial charge in [-0.15, -0.1) is 0 Å². The molecule has 0 fully saturated rings. The van der Waals surface area contributed by atoms with Gasteiger partial charge in [0.15, 0.2) is 5.82 Å². The second-order valence-electron chi connectivity index (χ2n) is 5.07. The van der Waals surface area contributed by atoms with Crippen LogP contribution in [0, 0.1) is 6.92 Å². The van der Waals surface area contributed by atoms with Crippen LogP contribution in [0.25, 0.3) is 11.4 Å². The van der Waals surface area contributed by atoms with Gasteiger partial charge in [-0.05, 0) is 25.1 Å². The number of aromatic hydroxyl groups is 1. The predicted octanol–water partition coefficient (Wildman–Crippen LogP) is 4.39. The molecule has 0 aliphatic rings. The lowest BCUT2D eigenvalue weighted by Gasteiger charge is -2.10. The van der Waals surface area contributed by atoms with Gasteiger partial charge < -0.3 is 9.84 Å². The van der Waals surface area contributed by atoms with Gasteiger partial charge in [-0.1, -0.05) is 41.9 Å². The van der Waals surface area contributed by atoms with E-state index in [1.54, 1.807) is 24.3 Å². The van der Waals surface area contributed by atoms with Crippen molar-refractivity contribution in [1.29, 1.82) is 0 Å². The van der Waals surface area contributed by atoms with Crippen molar-refractivity contribution in [2.75, 3.05) is 0 Å². The second kappa shape index (κ2) is 6.67.